The van der Waals surface area contributed by atoms with Crippen LogP contribution in [0.4, 0.5) is 5.69 Å². The molecule has 1 amide bonds. The number of aromatic nitrogens is 3. The minimum atomic E-state index is -0.285. The summed E-state index contributed by atoms with van der Waals surface area (Å²) in [5, 5.41) is 11.3. The van der Waals surface area contributed by atoms with Crippen molar-refractivity contribution in [3.8, 4) is 11.5 Å². The third kappa shape index (κ3) is 3.19. The van der Waals surface area contributed by atoms with E-state index in [9.17, 15) is 9.59 Å². The highest BCUT2D eigenvalue weighted by atomic mass is 32.2. The number of anilines is 1. The molecular weight excluding hydrogens is 358 g/mol. The summed E-state index contributed by atoms with van der Waals surface area (Å²) in [6.07, 6.45) is 2.14. The summed E-state index contributed by atoms with van der Waals surface area (Å²) < 4.78 is 12.0. The van der Waals surface area contributed by atoms with Crippen LogP contribution >= 0.6 is 11.8 Å². The second-order valence-electron chi connectivity index (χ2n) is 6.13. The highest BCUT2D eigenvalue weighted by Gasteiger charge is 2.30. The molecule has 1 aromatic heterocycles. The van der Waals surface area contributed by atoms with Gasteiger partial charge in [0, 0.05) is 17.5 Å². The fraction of sp³-hybridized carbons (Fsp3) is 0.375. The molecule has 0 atom stereocenters. The minimum absolute atomic E-state index is 0.0891. The van der Waals surface area contributed by atoms with Gasteiger partial charge >= 0.3 is 0 Å². The molecule has 4 rings (SSSR count). The number of rotatable bonds is 6. The maximum absolute atomic E-state index is 12.3. The normalized spacial score (nSPS) is 15.1. The molecule has 2 aliphatic rings. The summed E-state index contributed by atoms with van der Waals surface area (Å²) in [5.41, 5.74) is 0.755. The molecule has 1 aliphatic carbocycles. The first-order valence-corrected chi connectivity index (χ1v) is 9.09. The van der Waals surface area contributed by atoms with Crippen LogP contribution in [0.15, 0.2) is 17.3 Å². The Labute approximate surface area is 153 Å². The van der Waals surface area contributed by atoms with E-state index in [-0.39, 0.29) is 24.2 Å². The summed E-state index contributed by atoms with van der Waals surface area (Å²) in [7, 11) is 0. The quantitative estimate of drug-likeness (QED) is 0.443. The monoisotopic (exact) mass is 375 g/mol. The second-order valence-corrected chi connectivity index (χ2v) is 7.07. The SMILES string of the molecule is CC(=O)c1cc2c(cc1NC(=O)CSc1nnc(C3CC3)n1N)OCO2. The molecular formula is C16H17N5O4S. The molecule has 1 aliphatic heterocycles. The van der Waals surface area contributed by atoms with Crippen molar-refractivity contribution in [2.45, 2.75) is 30.8 Å². The van der Waals surface area contributed by atoms with Gasteiger partial charge < -0.3 is 20.6 Å². The van der Waals surface area contributed by atoms with E-state index in [1.54, 1.807) is 12.1 Å². The number of benzene rings is 1. The zero-order valence-electron chi connectivity index (χ0n) is 14.0. The van der Waals surface area contributed by atoms with Gasteiger partial charge in [-0.1, -0.05) is 11.8 Å². The van der Waals surface area contributed by atoms with Crippen LogP contribution in [0.5, 0.6) is 11.5 Å². The molecule has 10 heteroatoms. The third-order valence-corrected chi connectivity index (χ3v) is 5.07. The molecule has 0 spiro atoms. The van der Waals surface area contributed by atoms with E-state index in [0.29, 0.717) is 33.8 Å². The largest absolute Gasteiger partial charge is 0.454 e. The smallest absolute Gasteiger partial charge is 0.234 e. The standard InChI is InChI=1S/C16H17N5O4S/c1-8(22)10-4-12-13(25-7-24-12)5-11(10)18-14(23)6-26-16-20-19-15(21(16)17)9-2-3-9/h4-5,9H,2-3,6-7,17H2,1H3,(H,18,23). The molecule has 2 heterocycles. The lowest BCUT2D eigenvalue weighted by Crippen LogP contribution is -2.18. The number of amides is 1. The Morgan fingerprint density at radius 1 is 1.31 bits per heavy atom. The van der Waals surface area contributed by atoms with Crippen molar-refractivity contribution in [1.82, 2.24) is 14.9 Å². The number of hydrogen-bond donors (Lipinski definition) is 2. The number of nitrogen functional groups attached to an aromatic ring is 1. The van der Waals surface area contributed by atoms with E-state index in [2.05, 4.69) is 15.5 Å². The highest BCUT2D eigenvalue weighted by molar-refractivity contribution is 7.99. The summed E-state index contributed by atoms with van der Waals surface area (Å²) in [6.45, 7) is 1.52. The maximum atomic E-state index is 12.3. The van der Waals surface area contributed by atoms with Crippen molar-refractivity contribution in [3.05, 3.63) is 23.5 Å². The van der Waals surface area contributed by atoms with Crippen molar-refractivity contribution in [2.24, 2.45) is 0 Å². The summed E-state index contributed by atoms with van der Waals surface area (Å²) in [5.74, 6) is 7.71. The van der Waals surface area contributed by atoms with E-state index in [1.807, 2.05) is 0 Å². The van der Waals surface area contributed by atoms with E-state index >= 15 is 0 Å². The Hall–Kier alpha value is -2.75. The number of carbonyl (C=O) groups is 2. The number of fused-ring (bicyclic) bond motifs is 1. The van der Waals surface area contributed by atoms with Crippen LogP contribution in [0.1, 0.15) is 41.9 Å². The molecule has 0 bridgehead atoms. The van der Waals surface area contributed by atoms with Crippen molar-refractivity contribution >= 4 is 29.1 Å². The molecule has 0 radical (unpaired) electrons. The highest BCUT2D eigenvalue weighted by Crippen LogP contribution is 2.39. The number of Topliss-reactive ketones (excluding diaryl/α,β-unsaturated/α-hetero) is 1. The van der Waals surface area contributed by atoms with Gasteiger partial charge in [0.25, 0.3) is 0 Å². The molecule has 0 unspecified atom stereocenters. The zero-order chi connectivity index (χ0) is 18.3. The van der Waals surface area contributed by atoms with Gasteiger partial charge in [0.2, 0.25) is 17.9 Å². The number of carbonyl (C=O) groups excluding carboxylic acids is 2. The first-order chi connectivity index (χ1) is 12.5. The van der Waals surface area contributed by atoms with Gasteiger partial charge in [-0.05, 0) is 25.8 Å². The van der Waals surface area contributed by atoms with Crippen LogP contribution in [-0.4, -0.2) is 39.1 Å². The molecule has 1 aromatic carbocycles. The first kappa shape index (κ1) is 16.7. The predicted molar refractivity (Wildman–Crippen MR) is 94.1 cm³/mol. The lowest BCUT2D eigenvalue weighted by molar-refractivity contribution is -0.113. The minimum Gasteiger partial charge on any atom is -0.454 e. The molecule has 0 saturated heterocycles. The first-order valence-electron chi connectivity index (χ1n) is 8.10. The van der Waals surface area contributed by atoms with E-state index in [4.69, 9.17) is 15.3 Å². The van der Waals surface area contributed by atoms with Gasteiger partial charge in [0.1, 0.15) is 0 Å². The number of hydrogen-bond acceptors (Lipinski definition) is 8. The molecule has 9 nitrogen and oxygen atoms in total. The Morgan fingerprint density at radius 2 is 2.04 bits per heavy atom. The summed E-state index contributed by atoms with van der Waals surface area (Å²) in [6, 6.07) is 3.17. The van der Waals surface area contributed by atoms with Crippen LogP contribution in [0.25, 0.3) is 0 Å². The average Bonchev–Trinajstić information content (AvgIpc) is 3.22. The Bertz CT molecular complexity index is 893. The van der Waals surface area contributed by atoms with Crippen molar-refractivity contribution in [1.29, 1.82) is 0 Å². The van der Waals surface area contributed by atoms with Crippen LogP contribution < -0.4 is 20.6 Å². The number of ketones is 1. The Kier molecular flexibility index (Phi) is 4.19. The van der Waals surface area contributed by atoms with E-state index < -0.39 is 0 Å². The number of ether oxygens (including phenoxy) is 2. The van der Waals surface area contributed by atoms with Crippen molar-refractivity contribution < 1.29 is 19.1 Å². The van der Waals surface area contributed by atoms with Crippen LogP contribution in [-0.2, 0) is 4.79 Å². The number of nitrogens with zero attached hydrogens (tertiary/aromatic N) is 3. The summed E-state index contributed by atoms with van der Waals surface area (Å²) >= 11 is 1.19. The number of nitrogens with two attached hydrogens (primary N) is 1. The van der Waals surface area contributed by atoms with E-state index in [0.717, 1.165) is 18.7 Å². The van der Waals surface area contributed by atoms with Crippen LogP contribution in [0, 0.1) is 0 Å². The molecule has 1 fully saturated rings. The second kappa shape index (κ2) is 6.52. The topological polar surface area (TPSA) is 121 Å². The van der Waals surface area contributed by atoms with Gasteiger partial charge in [-0.2, -0.15) is 0 Å². The molecule has 2 aromatic rings. The lowest BCUT2D eigenvalue weighted by Gasteiger charge is -2.10. The number of nitrogens with one attached hydrogen (secondary N) is 1. The lowest BCUT2D eigenvalue weighted by atomic mass is 10.1. The fourth-order valence-corrected chi connectivity index (χ4v) is 3.32. The predicted octanol–water partition coefficient (Wildman–Crippen LogP) is 1.53. The molecule has 26 heavy (non-hydrogen) atoms. The van der Waals surface area contributed by atoms with Crippen molar-refractivity contribution in [3.63, 3.8) is 0 Å². The van der Waals surface area contributed by atoms with Crippen LogP contribution in [0.3, 0.4) is 0 Å². The number of thioether (sulfide) groups is 1. The third-order valence-electron chi connectivity index (χ3n) is 4.13. The van der Waals surface area contributed by atoms with Gasteiger partial charge in [0.05, 0.1) is 11.4 Å². The molecule has 1 saturated carbocycles. The molecule has 3 N–H and O–H groups in total. The maximum Gasteiger partial charge on any atom is 0.234 e. The van der Waals surface area contributed by atoms with E-state index in [1.165, 1.54) is 23.4 Å². The van der Waals surface area contributed by atoms with Gasteiger partial charge in [-0.25, -0.2) is 4.68 Å². The average molecular weight is 375 g/mol. The van der Waals surface area contributed by atoms with Crippen molar-refractivity contribution in [2.75, 3.05) is 23.7 Å². The summed E-state index contributed by atoms with van der Waals surface area (Å²) in [4.78, 5) is 24.2. The Balaban J connectivity index is 1.44. The van der Waals surface area contributed by atoms with Gasteiger partial charge in [0.15, 0.2) is 23.1 Å². The zero-order valence-corrected chi connectivity index (χ0v) is 14.8. The fourth-order valence-electron chi connectivity index (χ4n) is 2.66. The van der Waals surface area contributed by atoms with Gasteiger partial charge in [-0.15, -0.1) is 10.2 Å². The van der Waals surface area contributed by atoms with Gasteiger partial charge in [-0.3, -0.25) is 9.59 Å². The Morgan fingerprint density at radius 3 is 2.73 bits per heavy atom. The molecule has 136 valence electrons. The van der Waals surface area contributed by atoms with Crippen LogP contribution in [0.2, 0.25) is 0 Å².